The Labute approximate surface area is 161 Å². The lowest BCUT2D eigenvalue weighted by Crippen LogP contribution is -1.98. The van der Waals surface area contributed by atoms with Gasteiger partial charge in [0.15, 0.2) is 0 Å². The van der Waals surface area contributed by atoms with Gasteiger partial charge in [0, 0.05) is 21.3 Å². The molecule has 0 fully saturated rings. The van der Waals surface area contributed by atoms with E-state index >= 15 is 0 Å². The number of rotatable bonds is 5. The Bertz CT molecular complexity index is 891. The van der Waals surface area contributed by atoms with Crippen molar-refractivity contribution in [1.29, 1.82) is 0 Å². The van der Waals surface area contributed by atoms with E-state index in [1.54, 1.807) is 0 Å². The molecule has 0 N–H and O–H groups in total. The molecule has 25 heavy (non-hydrogen) atoms. The third-order valence-electron chi connectivity index (χ3n) is 3.74. The maximum Gasteiger partial charge on any atom is 0.128 e. The van der Waals surface area contributed by atoms with Crippen molar-refractivity contribution in [3.8, 4) is 5.75 Å². The van der Waals surface area contributed by atoms with Gasteiger partial charge in [-0.2, -0.15) is 0 Å². The predicted molar refractivity (Wildman–Crippen MR) is 108 cm³/mol. The van der Waals surface area contributed by atoms with Gasteiger partial charge in [0.2, 0.25) is 0 Å². The van der Waals surface area contributed by atoms with E-state index < -0.39 is 0 Å². The second kappa shape index (κ2) is 8.32. The molecule has 0 saturated carbocycles. The third kappa shape index (κ3) is 4.94. The monoisotopic (exact) mass is 413 g/mol. The molecule has 0 saturated heterocycles. The molecular formula is C21H17BrClNO. The number of hydrogen-bond acceptors (Lipinski definition) is 2. The molecule has 3 aromatic rings. The number of benzene rings is 3. The van der Waals surface area contributed by atoms with Crippen LogP contribution < -0.4 is 4.74 Å². The van der Waals surface area contributed by atoms with Crippen LogP contribution in [0, 0.1) is 6.92 Å². The summed E-state index contributed by atoms with van der Waals surface area (Å²) in [6.07, 6.45) is 1.84. The minimum atomic E-state index is 0.476. The second-order valence-corrected chi connectivity index (χ2v) is 6.99. The van der Waals surface area contributed by atoms with E-state index in [1.165, 1.54) is 0 Å². The molecule has 0 spiro atoms. The Morgan fingerprint density at radius 2 is 1.80 bits per heavy atom. The SMILES string of the molecule is Cc1ccccc1N=Cc1cc(Br)ccc1OCc1ccc(Cl)cc1. The first-order valence-electron chi connectivity index (χ1n) is 7.88. The van der Waals surface area contributed by atoms with Gasteiger partial charge in [0.05, 0.1) is 5.69 Å². The van der Waals surface area contributed by atoms with Gasteiger partial charge in [-0.1, -0.05) is 57.9 Å². The van der Waals surface area contributed by atoms with E-state index in [2.05, 4.69) is 20.9 Å². The number of halogens is 2. The van der Waals surface area contributed by atoms with Crippen molar-refractivity contribution in [3.05, 3.63) is 92.9 Å². The lowest BCUT2D eigenvalue weighted by molar-refractivity contribution is 0.306. The van der Waals surface area contributed by atoms with Crippen molar-refractivity contribution in [2.24, 2.45) is 4.99 Å². The fourth-order valence-electron chi connectivity index (χ4n) is 2.34. The molecule has 2 nitrogen and oxygen atoms in total. The van der Waals surface area contributed by atoms with Gasteiger partial charge in [-0.25, -0.2) is 0 Å². The number of aliphatic imine (C=N–C) groups is 1. The molecule has 0 atom stereocenters. The van der Waals surface area contributed by atoms with Gasteiger partial charge in [0.1, 0.15) is 12.4 Å². The molecular weight excluding hydrogens is 398 g/mol. The lowest BCUT2D eigenvalue weighted by Gasteiger charge is -2.10. The van der Waals surface area contributed by atoms with Crippen LogP contribution in [0.3, 0.4) is 0 Å². The fraction of sp³-hybridized carbons (Fsp3) is 0.0952. The number of aryl methyl sites for hydroxylation is 1. The van der Waals surface area contributed by atoms with Gasteiger partial charge in [-0.3, -0.25) is 4.99 Å². The summed E-state index contributed by atoms with van der Waals surface area (Å²) in [4.78, 5) is 4.60. The van der Waals surface area contributed by atoms with Crippen molar-refractivity contribution in [1.82, 2.24) is 0 Å². The van der Waals surface area contributed by atoms with E-state index in [9.17, 15) is 0 Å². The molecule has 0 aliphatic heterocycles. The normalized spacial score (nSPS) is 11.0. The molecule has 3 rings (SSSR count). The molecule has 4 heteroatoms. The molecule has 0 bridgehead atoms. The largest absolute Gasteiger partial charge is 0.488 e. The molecule has 0 unspecified atom stereocenters. The van der Waals surface area contributed by atoms with E-state index in [4.69, 9.17) is 16.3 Å². The summed E-state index contributed by atoms with van der Waals surface area (Å²) >= 11 is 9.43. The first-order chi connectivity index (χ1) is 12.1. The Morgan fingerprint density at radius 3 is 2.56 bits per heavy atom. The van der Waals surface area contributed by atoms with Gasteiger partial charge < -0.3 is 4.74 Å². The van der Waals surface area contributed by atoms with Crippen molar-refractivity contribution in [2.75, 3.05) is 0 Å². The van der Waals surface area contributed by atoms with Crippen molar-refractivity contribution in [2.45, 2.75) is 13.5 Å². The van der Waals surface area contributed by atoms with Gasteiger partial charge in [-0.05, 0) is 54.4 Å². The van der Waals surface area contributed by atoms with Crippen LogP contribution in [0.4, 0.5) is 5.69 Å². The van der Waals surface area contributed by atoms with Crippen molar-refractivity contribution < 1.29 is 4.74 Å². The summed E-state index contributed by atoms with van der Waals surface area (Å²) in [6, 6.07) is 21.6. The highest BCUT2D eigenvalue weighted by Crippen LogP contribution is 2.25. The summed E-state index contributed by atoms with van der Waals surface area (Å²) in [7, 11) is 0. The highest BCUT2D eigenvalue weighted by Gasteiger charge is 2.04. The van der Waals surface area contributed by atoms with Crippen LogP contribution in [0.2, 0.25) is 5.02 Å². The Morgan fingerprint density at radius 1 is 1.04 bits per heavy atom. The number of ether oxygens (including phenoxy) is 1. The quantitative estimate of drug-likeness (QED) is 0.424. The number of nitrogens with zero attached hydrogens (tertiary/aromatic N) is 1. The molecule has 0 aliphatic carbocycles. The first-order valence-corrected chi connectivity index (χ1v) is 9.05. The number of hydrogen-bond donors (Lipinski definition) is 0. The average molecular weight is 415 g/mol. The average Bonchev–Trinajstić information content (AvgIpc) is 2.61. The van der Waals surface area contributed by atoms with E-state index in [1.807, 2.05) is 79.9 Å². The van der Waals surface area contributed by atoms with E-state index in [0.29, 0.717) is 6.61 Å². The Balaban J connectivity index is 1.80. The molecule has 126 valence electrons. The van der Waals surface area contributed by atoms with Crippen LogP contribution in [-0.2, 0) is 6.61 Å². The standard InChI is InChI=1S/C21H17BrClNO/c1-15-4-2-3-5-20(15)24-13-17-12-18(22)8-11-21(17)25-14-16-6-9-19(23)10-7-16/h2-13H,14H2,1H3. The zero-order valence-corrected chi connectivity index (χ0v) is 16.1. The molecule has 0 aromatic heterocycles. The van der Waals surface area contributed by atoms with Gasteiger partial charge in [0.25, 0.3) is 0 Å². The molecule has 0 amide bonds. The zero-order chi connectivity index (χ0) is 17.6. The summed E-state index contributed by atoms with van der Waals surface area (Å²) in [5.74, 6) is 0.787. The maximum absolute atomic E-state index is 5.98. The Kier molecular flexibility index (Phi) is 5.90. The Hall–Kier alpha value is -2.10. The van der Waals surface area contributed by atoms with Crippen molar-refractivity contribution in [3.63, 3.8) is 0 Å². The van der Waals surface area contributed by atoms with Crippen LogP contribution in [0.1, 0.15) is 16.7 Å². The maximum atomic E-state index is 5.98. The second-order valence-electron chi connectivity index (χ2n) is 5.64. The van der Waals surface area contributed by atoms with E-state index in [0.717, 1.165) is 37.6 Å². The summed E-state index contributed by atoms with van der Waals surface area (Å²) in [6.45, 7) is 2.52. The lowest BCUT2D eigenvalue weighted by atomic mass is 10.2. The van der Waals surface area contributed by atoms with Crippen LogP contribution in [0.5, 0.6) is 5.75 Å². The van der Waals surface area contributed by atoms with Crippen LogP contribution in [0.25, 0.3) is 0 Å². The summed E-state index contributed by atoms with van der Waals surface area (Å²) in [5.41, 5.74) is 4.07. The molecule has 0 aliphatic rings. The summed E-state index contributed by atoms with van der Waals surface area (Å²) in [5, 5.41) is 0.721. The van der Waals surface area contributed by atoms with Gasteiger partial charge in [-0.15, -0.1) is 0 Å². The fourth-order valence-corrected chi connectivity index (χ4v) is 2.85. The minimum Gasteiger partial charge on any atom is -0.488 e. The van der Waals surface area contributed by atoms with Gasteiger partial charge >= 0.3 is 0 Å². The van der Waals surface area contributed by atoms with E-state index in [-0.39, 0.29) is 0 Å². The predicted octanol–water partition coefficient (Wildman–Crippen LogP) is 6.74. The molecule has 3 aromatic carbocycles. The topological polar surface area (TPSA) is 21.6 Å². The molecule has 0 heterocycles. The van der Waals surface area contributed by atoms with Crippen LogP contribution in [-0.4, -0.2) is 6.21 Å². The molecule has 0 radical (unpaired) electrons. The highest BCUT2D eigenvalue weighted by molar-refractivity contribution is 9.10. The van der Waals surface area contributed by atoms with Crippen LogP contribution in [0.15, 0.2) is 76.2 Å². The zero-order valence-electron chi connectivity index (χ0n) is 13.7. The highest BCUT2D eigenvalue weighted by atomic mass is 79.9. The first kappa shape index (κ1) is 17.7. The number of para-hydroxylation sites is 1. The smallest absolute Gasteiger partial charge is 0.128 e. The minimum absolute atomic E-state index is 0.476. The summed E-state index contributed by atoms with van der Waals surface area (Å²) < 4.78 is 6.97. The van der Waals surface area contributed by atoms with Crippen molar-refractivity contribution >= 4 is 39.4 Å². The van der Waals surface area contributed by atoms with Crippen LogP contribution >= 0.6 is 27.5 Å². The third-order valence-corrected chi connectivity index (χ3v) is 4.48.